The second-order valence-corrected chi connectivity index (χ2v) is 4.09. The van der Waals surface area contributed by atoms with Gasteiger partial charge in [0.05, 0.1) is 0 Å². The average molecular weight is 232 g/mol. The quantitative estimate of drug-likeness (QED) is 0.833. The van der Waals surface area contributed by atoms with Crippen LogP contribution in [0, 0.1) is 6.92 Å². The van der Waals surface area contributed by atoms with Crippen molar-refractivity contribution in [2.75, 3.05) is 11.1 Å². The molecule has 0 atom stereocenters. The van der Waals surface area contributed by atoms with Crippen LogP contribution in [0.15, 0.2) is 29.6 Å². The van der Waals surface area contributed by atoms with Crippen molar-refractivity contribution in [2.24, 2.45) is 0 Å². The zero-order valence-electron chi connectivity index (χ0n) is 8.43. The number of benzene rings is 1. The highest BCUT2D eigenvalue weighted by atomic mass is 32.1. The van der Waals surface area contributed by atoms with E-state index in [1.54, 1.807) is 23.6 Å². The topological polar surface area (TPSA) is 68.0 Å². The molecule has 0 saturated heterocycles. The van der Waals surface area contributed by atoms with E-state index in [9.17, 15) is 4.79 Å². The van der Waals surface area contributed by atoms with Crippen molar-refractivity contribution in [3.05, 3.63) is 47.7 Å². The Labute approximate surface area is 97.1 Å². The number of nitrogens with two attached hydrogens (primary N) is 1. The summed E-state index contributed by atoms with van der Waals surface area (Å²) in [7, 11) is 0. The van der Waals surface area contributed by atoms with Gasteiger partial charge in [0.1, 0.15) is 5.82 Å². The number of nitrogen functional groups attached to an aromatic ring is 1. The van der Waals surface area contributed by atoms with Crippen LogP contribution in [-0.2, 0) is 0 Å². The molecule has 0 spiro atoms. The molecule has 0 aliphatic rings. The molecule has 0 unspecified atom stereocenters. The lowest BCUT2D eigenvalue weighted by Gasteiger charge is -2.02. The summed E-state index contributed by atoms with van der Waals surface area (Å²) in [6.45, 7) is 3.76. The zero-order valence-corrected chi connectivity index (χ0v) is 9.25. The molecule has 4 nitrogen and oxygen atoms in total. The van der Waals surface area contributed by atoms with Gasteiger partial charge in [-0.05, 0) is 24.6 Å². The van der Waals surface area contributed by atoms with Gasteiger partial charge in [-0.3, -0.25) is 10.1 Å². The van der Waals surface area contributed by atoms with Gasteiger partial charge in [-0.25, -0.2) is 4.98 Å². The highest BCUT2D eigenvalue weighted by Crippen LogP contribution is 2.17. The fourth-order valence-electron chi connectivity index (χ4n) is 1.23. The molecule has 0 fully saturated rings. The molecule has 0 aliphatic carbocycles. The van der Waals surface area contributed by atoms with Crippen molar-refractivity contribution in [3.8, 4) is 0 Å². The van der Waals surface area contributed by atoms with E-state index in [0.29, 0.717) is 16.5 Å². The minimum Gasteiger partial charge on any atom is -0.383 e. The number of nitrogens with zero attached hydrogens (tertiary/aromatic N) is 1. The van der Waals surface area contributed by atoms with Crippen LogP contribution in [0.5, 0.6) is 0 Å². The summed E-state index contributed by atoms with van der Waals surface area (Å²) in [6.07, 6.45) is 0. The number of hydrogen-bond acceptors (Lipinski definition) is 4. The van der Waals surface area contributed by atoms with E-state index in [1.165, 1.54) is 11.3 Å². The third kappa shape index (κ3) is 2.38. The Balaban J connectivity index is 2.14. The molecule has 1 radical (unpaired) electrons. The largest absolute Gasteiger partial charge is 0.383 e. The lowest BCUT2D eigenvalue weighted by molar-refractivity contribution is 0.102. The summed E-state index contributed by atoms with van der Waals surface area (Å²) in [5.41, 5.74) is 6.81. The van der Waals surface area contributed by atoms with E-state index in [-0.39, 0.29) is 5.91 Å². The second-order valence-electron chi connectivity index (χ2n) is 3.23. The number of carbonyl (C=O) groups is 1. The number of aromatic nitrogens is 1. The van der Waals surface area contributed by atoms with E-state index in [0.717, 1.165) is 5.56 Å². The lowest BCUT2D eigenvalue weighted by Crippen LogP contribution is -2.11. The number of hydrogen-bond donors (Lipinski definition) is 2. The molecule has 1 heterocycles. The summed E-state index contributed by atoms with van der Waals surface area (Å²) in [4.78, 5) is 15.7. The van der Waals surface area contributed by atoms with E-state index in [2.05, 4.69) is 17.2 Å². The van der Waals surface area contributed by atoms with Gasteiger partial charge in [-0.1, -0.05) is 12.1 Å². The standard InChI is InChI=1S/C11H10N3OS/c1-7-3-2-4-8(5-7)10(15)14-11-13-9(12)6-16-11/h2-6H,1,12H2,(H,13,14,15). The molecule has 2 aromatic rings. The predicted octanol–water partition coefficient (Wildman–Crippen LogP) is 2.16. The van der Waals surface area contributed by atoms with Crippen molar-refractivity contribution < 1.29 is 4.79 Å². The molecule has 1 aromatic heterocycles. The van der Waals surface area contributed by atoms with Crippen LogP contribution < -0.4 is 11.1 Å². The Morgan fingerprint density at radius 3 is 2.94 bits per heavy atom. The van der Waals surface area contributed by atoms with Crippen LogP contribution >= 0.6 is 11.3 Å². The van der Waals surface area contributed by atoms with Crippen molar-refractivity contribution in [1.29, 1.82) is 0 Å². The van der Waals surface area contributed by atoms with Crippen LogP contribution in [0.4, 0.5) is 10.9 Å². The smallest absolute Gasteiger partial charge is 0.257 e. The summed E-state index contributed by atoms with van der Waals surface area (Å²) < 4.78 is 0. The van der Waals surface area contributed by atoms with Crippen LogP contribution in [0.2, 0.25) is 0 Å². The molecule has 16 heavy (non-hydrogen) atoms. The maximum absolute atomic E-state index is 11.8. The molecule has 5 heteroatoms. The summed E-state index contributed by atoms with van der Waals surface area (Å²) >= 11 is 1.29. The lowest BCUT2D eigenvalue weighted by atomic mass is 10.1. The molecular weight excluding hydrogens is 222 g/mol. The first-order valence-electron chi connectivity index (χ1n) is 4.59. The molecule has 0 saturated carbocycles. The van der Waals surface area contributed by atoms with Crippen LogP contribution in [-0.4, -0.2) is 10.9 Å². The zero-order chi connectivity index (χ0) is 11.5. The van der Waals surface area contributed by atoms with Gasteiger partial charge in [-0.15, -0.1) is 11.3 Å². The number of rotatable bonds is 2. The van der Waals surface area contributed by atoms with Crippen LogP contribution in [0.1, 0.15) is 15.9 Å². The van der Waals surface area contributed by atoms with Crippen LogP contribution in [0.25, 0.3) is 0 Å². The fraction of sp³-hybridized carbons (Fsp3) is 0. The second kappa shape index (κ2) is 4.32. The number of nitrogens with one attached hydrogen (secondary N) is 1. The molecule has 0 bridgehead atoms. The first-order chi connectivity index (χ1) is 7.65. The van der Waals surface area contributed by atoms with Gasteiger partial charge in [0.15, 0.2) is 5.13 Å². The van der Waals surface area contributed by atoms with Gasteiger partial charge in [0.2, 0.25) is 0 Å². The van der Waals surface area contributed by atoms with E-state index < -0.39 is 0 Å². The van der Waals surface area contributed by atoms with Crippen molar-refractivity contribution in [3.63, 3.8) is 0 Å². The average Bonchev–Trinajstić information content (AvgIpc) is 2.64. The highest BCUT2D eigenvalue weighted by Gasteiger charge is 2.07. The van der Waals surface area contributed by atoms with Gasteiger partial charge in [0.25, 0.3) is 5.91 Å². The number of carbonyl (C=O) groups excluding carboxylic acids is 1. The van der Waals surface area contributed by atoms with Crippen molar-refractivity contribution in [2.45, 2.75) is 0 Å². The number of amides is 1. The maximum Gasteiger partial charge on any atom is 0.257 e. The van der Waals surface area contributed by atoms with E-state index >= 15 is 0 Å². The Morgan fingerprint density at radius 1 is 1.50 bits per heavy atom. The minimum atomic E-state index is -0.208. The van der Waals surface area contributed by atoms with E-state index in [4.69, 9.17) is 5.73 Å². The Kier molecular flexibility index (Phi) is 2.87. The maximum atomic E-state index is 11.8. The minimum absolute atomic E-state index is 0.208. The predicted molar refractivity (Wildman–Crippen MR) is 65.4 cm³/mol. The molecule has 81 valence electrons. The highest BCUT2D eigenvalue weighted by molar-refractivity contribution is 7.14. The number of anilines is 2. The first kappa shape index (κ1) is 10.6. The third-order valence-corrected chi connectivity index (χ3v) is 2.71. The Morgan fingerprint density at radius 2 is 2.31 bits per heavy atom. The SMILES string of the molecule is [CH2]c1cccc(C(=O)Nc2nc(N)cs2)c1. The Hall–Kier alpha value is -1.88. The monoisotopic (exact) mass is 232 g/mol. The molecule has 3 N–H and O–H groups in total. The number of thiazole rings is 1. The molecule has 1 aromatic carbocycles. The first-order valence-corrected chi connectivity index (χ1v) is 5.47. The fourth-order valence-corrected chi connectivity index (χ4v) is 1.82. The van der Waals surface area contributed by atoms with Crippen molar-refractivity contribution >= 4 is 28.2 Å². The van der Waals surface area contributed by atoms with Gasteiger partial charge < -0.3 is 5.73 Å². The van der Waals surface area contributed by atoms with Crippen LogP contribution in [0.3, 0.4) is 0 Å². The van der Waals surface area contributed by atoms with Gasteiger partial charge in [0, 0.05) is 10.9 Å². The molecule has 2 rings (SSSR count). The third-order valence-electron chi connectivity index (χ3n) is 1.93. The summed E-state index contributed by atoms with van der Waals surface area (Å²) in [5.74, 6) is 0.200. The van der Waals surface area contributed by atoms with Gasteiger partial charge >= 0.3 is 0 Å². The van der Waals surface area contributed by atoms with E-state index in [1.807, 2.05) is 6.07 Å². The van der Waals surface area contributed by atoms with Gasteiger partial charge in [-0.2, -0.15) is 0 Å². The molecular formula is C11H10N3OS. The summed E-state index contributed by atoms with van der Waals surface area (Å²) in [5, 5.41) is 4.84. The molecule has 1 amide bonds. The van der Waals surface area contributed by atoms with Crippen molar-refractivity contribution in [1.82, 2.24) is 4.98 Å². The summed E-state index contributed by atoms with van der Waals surface area (Å²) in [6, 6.07) is 7.05. The molecule has 0 aliphatic heterocycles. The normalized spacial score (nSPS) is 10.1. The Bertz CT molecular complexity index is 521.